The van der Waals surface area contributed by atoms with Gasteiger partial charge in [0, 0.05) is 6.20 Å². The topological polar surface area (TPSA) is 77.5 Å². The second kappa shape index (κ2) is 4.07. The zero-order valence-electron chi connectivity index (χ0n) is 10.7. The van der Waals surface area contributed by atoms with Gasteiger partial charge in [-0.15, -0.1) is 0 Å². The van der Waals surface area contributed by atoms with Crippen LogP contribution in [0, 0.1) is 0 Å². The van der Waals surface area contributed by atoms with Crippen LogP contribution in [0.2, 0.25) is 0 Å². The minimum atomic E-state index is -3.75. The molecule has 0 aromatic carbocycles. The molecule has 0 unspecified atom stereocenters. The molecule has 0 bridgehead atoms. The van der Waals surface area contributed by atoms with Crippen LogP contribution in [0.25, 0.3) is 5.65 Å². The Morgan fingerprint density at radius 1 is 1.39 bits per heavy atom. The van der Waals surface area contributed by atoms with E-state index in [9.17, 15) is 8.42 Å². The Labute approximate surface area is 107 Å². The van der Waals surface area contributed by atoms with Gasteiger partial charge in [0.05, 0.1) is 6.20 Å². The molecular weight excluding hydrogens is 250 g/mol. The van der Waals surface area contributed by atoms with Crippen molar-refractivity contribution < 1.29 is 8.42 Å². The van der Waals surface area contributed by atoms with Gasteiger partial charge >= 0.3 is 0 Å². The molecule has 0 aliphatic carbocycles. The maximum atomic E-state index is 11.5. The highest BCUT2D eigenvalue weighted by molar-refractivity contribution is 7.89. The molecule has 5 nitrogen and oxygen atoms in total. The van der Waals surface area contributed by atoms with E-state index in [1.807, 2.05) is 6.07 Å². The number of nitrogens with zero attached hydrogens (tertiary/aromatic N) is 2. The van der Waals surface area contributed by atoms with Crippen LogP contribution in [-0.4, -0.2) is 17.8 Å². The van der Waals surface area contributed by atoms with Crippen molar-refractivity contribution in [2.45, 2.75) is 37.6 Å². The average molecular weight is 267 g/mol. The third-order valence-corrected chi connectivity index (χ3v) is 4.31. The van der Waals surface area contributed by atoms with Crippen LogP contribution in [0.1, 0.15) is 32.8 Å². The van der Waals surface area contributed by atoms with Gasteiger partial charge in [0.15, 0.2) is 5.03 Å². The van der Waals surface area contributed by atoms with Crippen LogP contribution < -0.4 is 5.14 Å². The fraction of sp³-hybridized carbons (Fsp3) is 0.417. The van der Waals surface area contributed by atoms with Crippen LogP contribution in [0.5, 0.6) is 0 Å². The Balaban J connectivity index is 2.71. The number of nitrogens with two attached hydrogens (primary N) is 1. The van der Waals surface area contributed by atoms with Gasteiger partial charge < -0.3 is 0 Å². The molecule has 18 heavy (non-hydrogen) atoms. The molecule has 0 aliphatic heterocycles. The average Bonchev–Trinajstić information content (AvgIpc) is 2.71. The molecule has 0 radical (unpaired) electrons. The van der Waals surface area contributed by atoms with E-state index in [1.54, 1.807) is 12.3 Å². The fourth-order valence-electron chi connectivity index (χ4n) is 1.77. The molecule has 0 spiro atoms. The summed E-state index contributed by atoms with van der Waals surface area (Å²) in [6.07, 6.45) is 4.04. The molecule has 0 aliphatic rings. The van der Waals surface area contributed by atoms with E-state index in [0.29, 0.717) is 5.65 Å². The number of hydrogen-bond donors (Lipinski definition) is 1. The Morgan fingerprint density at radius 3 is 2.61 bits per heavy atom. The first-order valence-corrected chi connectivity index (χ1v) is 7.31. The summed E-state index contributed by atoms with van der Waals surface area (Å²) in [5.74, 6) is 0. The van der Waals surface area contributed by atoms with Crippen molar-refractivity contribution in [2.24, 2.45) is 5.14 Å². The number of hydrogen-bond acceptors (Lipinski definition) is 3. The van der Waals surface area contributed by atoms with Crippen LogP contribution in [0.15, 0.2) is 29.6 Å². The molecule has 0 atom stereocenters. The molecule has 6 heteroatoms. The van der Waals surface area contributed by atoms with Crippen LogP contribution in [0.4, 0.5) is 0 Å². The lowest BCUT2D eigenvalue weighted by Crippen LogP contribution is -2.18. The summed E-state index contributed by atoms with van der Waals surface area (Å²) < 4.78 is 24.4. The first-order valence-electron chi connectivity index (χ1n) is 5.76. The summed E-state index contributed by atoms with van der Waals surface area (Å²) in [5.41, 5.74) is 1.61. The highest BCUT2D eigenvalue weighted by atomic mass is 32.2. The fourth-order valence-corrected chi connectivity index (χ4v) is 2.39. The summed E-state index contributed by atoms with van der Waals surface area (Å²) >= 11 is 0. The van der Waals surface area contributed by atoms with E-state index in [2.05, 4.69) is 25.8 Å². The van der Waals surface area contributed by atoms with E-state index in [1.165, 1.54) is 10.6 Å². The molecule has 0 saturated heterocycles. The molecule has 0 saturated carbocycles. The largest absolute Gasteiger partial charge is 0.289 e. The molecule has 2 N–H and O–H groups in total. The maximum Gasteiger partial charge on any atom is 0.255 e. The molecular formula is C12H17N3O2S. The summed E-state index contributed by atoms with van der Waals surface area (Å²) in [4.78, 5) is 4.04. The highest BCUT2D eigenvalue weighted by Crippen LogP contribution is 2.27. The van der Waals surface area contributed by atoms with Gasteiger partial charge in [-0.05, 0) is 23.5 Å². The zero-order valence-corrected chi connectivity index (χ0v) is 11.5. The number of imidazole rings is 1. The maximum absolute atomic E-state index is 11.5. The lowest BCUT2D eigenvalue weighted by atomic mass is 9.83. The summed E-state index contributed by atoms with van der Waals surface area (Å²) in [7, 11) is -3.75. The standard InChI is InChI=1S/C12H17N3O2S/c1-4-12(2,3)9-5-6-10-14-7-11(15(10)8-9)18(13,16)17/h5-8H,4H2,1-3H3,(H2,13,16,17). The minimum Gasteiger partial charge on any atom is -0.289 e. The smallest absolute Gasteiger partial charge is 0.255 e. The number of pyridine rings is 1. The van der Waals surface area contributed by atoms with Gasteiger partial charge in [-0.1, -0.05) is 26.8 Å². The third-order valence-electron chi connectivity index (χ3n) is 3.43. The van der Waals surface area contributed by atoms with Crippen molar-refractivity contribution >= 4 is 15.7 Å². The first kappa shape index (κ1) is 13.0. The third kappa shape index (κ3) is 2.13. The van der Waals surface area contributed by atoms with Gasteiger partial charge in [0.1, 0.15) is 5.65 Å². The van der Waals surface area contributed by atoms with E-state index >= 15 is 0 Å². The monoisotopic (exact) mass is 267 g/mol. The SMILES string of the molecule is CCC(C)(C)c1ccc2ncc(S(N)(=O)=O)n2c1. The predicted octanol–water partition coefficient (Wildman–Crippen LogP) is 1.67. The normalized spacial score (nSPS) is 13.1. The quantitative estimate of drug-likeness (QED) is 0.918. The molecule has 98 valence electrons. The second-order valence-electron chi connectivity index (χ2n) is 5.02. The van der Waals surface area contributed by atoms with E-state index < -0.39 is 10.0 Å². The molecule has 2 rings (SSSR count). The number of fused-ring (bicyclic) bond motifs is 1. The van der Waals surface area contributed by atoms with Gasteiger partial charge in [-0.2, -0.15) is 0 Å². The number of rotatable bonds is 3. The van der Waals surface area contributed by atoms with E-state index in [0.717, 1.165) is 12.0 Å². The van der Waals surface area contributed by atoms with Crippen molar-refractivity contribution in [3.8, 4) is 0 Å². The van der Waals surface area contributed by atoms with Gasteiger partial charge in [0.2, 0.25) is 0 Å². The Hall–Kier alpha value is -1.40. The van der Waals surface area contributed by atoms with Crippen molar-refractivity contribution in [2.75, 3.05) is 0 Å². The molecule has 2 aromatic rings. The zero-order chi connectivity index (χ0) is 13.6. The van der Waals surface area contributed by atoms with Crippen LogP contribution in [-0.2, 0) is 15.4 Å². The summed E-state index contributed by atoms with van der Waals surface area (Å²) in [5, 5.41) is 5.19. The first-order chi connectivity index (χ1) is 8.25. The van der Waals surface area contributed by atoms with Gasteiger partial charge in [-0.3, -0.25) is 4.40 Å². The van der Waals surface area contributed by atoms with Crippen molar-refractivity contribution in [1.82, 2.24) is 9.38 Å². The van der Waals surface area contributed by atoms with Crippen LogP contribution in [0.3, 0.4) is 0 Å². The van der Waals surface area contributed by atoms with E-state index in [-0.39, 0.29) is 10.4 Å². The molecule has 0 amide bonds. The number of aromatic nitrogens is 2. The lowest BCUT2D eigenvalue weighted by Gasteiger charge is -2.23. The number of primary sulfonamides is 1. The van der Waals surface area contributed by atoms with Gasteiger partial charge in [-0.25, -0.2) is 18.5 Å². The van der Waals surface area contributed by atoms with E-state index in [4.69, 9.17) is 5.14 Å². The predicted molar refractivity (Wildman–Crippen MR) is 69.9 cm³/mol. The van der Waals surface area contributed by atoms with Crippen molar-refractivity contribution in [1.29, 1.82) is 0 Å². The Bertz CT molecular complexity index is 686. The Morgan fingerprint density at radius 2 is 2.06 bits per heavy atom. The van der Waals surface area contributed by atoms with Gasteiger partial charge in [0.25, 0.3) is 10.0 Å². The summed E-state index contributed by atoms with van der Waals surface area (Å²) in [6.45, 7) is 6.32. The minimum absolute atomic E-state index is 0.0197. The van der Waals surface area contributed by atoms with Crippen LogP contribution >= 0.6 is 0 Å². The highest BCUT2D eigenvalue weighted by Gasteiger charge is 2.20. The second-order valence-corrected chi connectivity index (χ2v) is 6.53. The lowest BCUT2D eigenvalue weighted by molar-refractivity contribution is 0.503. The molecule has 2 heterocycles. The molecule has 0 fully saturated rings. The Kier molecular flexibility index (Phi) is 2.95. The number of sulfonamides is 1. The van der Waals surface area contributed by atoms with Crippen molar-refractivity contribution in [3.05, 3.63) is 30.1 Å². The van der Waals surface area contributed by atoms with Crippen molar-refractivity contribution in [3.63, 3.8) is 0 Å². The molecule has 2 aromatic heterocycles. The summed E-state index contributed by atoms with van der Waals surface area (Å²) in [6, 6.07) is 3.78.